The Hall–Kier alpha value is -1.58. The van der Waals surface area contributed by atoms with Crippen molar-refractivity contribution in [2.75, 3.05) is 13.2 Å². The number of rotatable bonds is 2. The zero-order valence-corrected chi connectivity index (χ0v) is 12.6. The van der Waals surface area contributed by atoms with Crippen LogP contribution < -0.4 is 0 Å². The SMILES string of the molecule is CC1OCC(C2=CC=C(O)CC2C)(c2ccccc2)CO1. The Morgan fingerprint density at radius 2 is 1.71 bits per heavy atom. The van der Waals surface area contributed by atoms with Gasteiger partial charge in [-0.15, -0.1) is 0 Å². The van der Waals surface area contributed by atoms with Gasteiger partial charge in [-0.3, -0.25) is 0 Å². The molecule has 21 heavy (non-hydrogen) atoms. The molecule has 0 saturated carbocycles. The van der Waals surface area contributed by atoms with Crippen LogP contribution in [0.25, 0.3) is 0 Å². The van der Waals surface area contributed by atoms with Crippen LogP contribution in [0.5, 0.6) is 0 Å². The highest BCUT2D eigenvalue weighted by Gasteiger charge is 2.43. The smallest absolute Gasteiger partial charge is 0.154 e. The van der Waals surface area contributed by atoms with E-state index >= 15 is 0 Å². The summed E-state index contributed by atoms with van der Waals surface area (Å²) in [7, 11) is 0. The quantitative estimate of drug-likeness (QED) is 0.900. The number of benzene rings is 1. The molecule has 2 aliphatic rings. The molecule has 1 aromatic rings. The summed E-state index contributed by atoms with van der Waals surface area (Å²) >= 11 is 0. The minimum absolute atomic E-state index is 0.162. The summed E-state index contributed by atoms with van der Waals surface area (Å²) < 4.78 is 11.7. The first-order valence-electron chi connectivity index (χ1n) is 7.51. The molecule has 1 aliphatic carbocycles. The summed E-state index contributed by atoms with van der Waals surface area (Å²) in [6.07, 6.45) is 4.36. The first kappa shape index (κ1) is 14.4. The van der Waals surface area contributed by atoms with E-state index in [2.05, 4.69) is 31.2 Å². The first-order valence-corrected chi connectivity index (χ1v) is 7.51. The molecule has 1 saturated heterocycles. The zero-order valence-electron chi connectivity index (χ0n) is 12.6. The van der Waals surface area contributed by atoms with E-state index in [9.17, 15) is 5.11 Å². The maximum Gasteiger partial charge on any atom is 0.154 e. The van der Waals surface area contributed by atoms with Crippen LogP contribution in [0.3, 0.4) is 0 Å². The zero-order chi connectivity index (χ0) is 14.9. The van der Waals surface area contributed by atoms with Crippen LogP contribution in [-0.2, 0) is 14.9 Å². The van der Waals surface area contributed by atoms with Gasteiger partial charge in [0.25, 0.3) is 0 Å². The molecule has 0 amide bonds. The number of allylic oxidation sites excluding steroid dienone is 3. The van der Waals surface area contributed by atoms with Crippen molar-refractivity contribution in [2.24, 2.45) is 5.92 Å². The maximum absolute atomic E-state index is 9.75. The van der Waals surface area contributed by atoms with E-state index in [0.717, 1.165) is 0 Å². The first-order chi connectivity index (χ1) is 10.1. The van der Waals surface area contributed by atoms with Crippen molar-refractivity contribution in [3.8, 4) is 0 Å². The number of hydrogen-bond donors (Lipinski definition) is 1. The third kappa shape index (κ3) is 2.63. The Kier molecular flexibility index (Phi) is 3.87. The number of ether oxygens (including phenoxy) is 2. The van der Waals surface area contributed by atoms with Gasteiger partial charge >= 0.3 is 0 Å². The molecule has 1 aliphatic heterocycles. The van der Waals surface area contributed by atoms with Gasteiger partial charge in [0.2, 0.25) is 0 Å². The van der Waals surface area contributed by atoms with Crippen molar-refractivity contribution in [1.29, 1.82) is 0 Å². The van der Waals surface area contributed by atoms with E-state index in [-0.39, 0.29) is 17.6 Å². The molecule has 1 aromatic carbocycles. The minimum Gasteiger partial charge on any atom is -0.512 e. The van der Waals surface area contributed by atoms with E-state index in [1.54, 1.807) is 6.08 Å². The van der Waals surface area contributed by atoms with E-state index < -0.39 is 0 Å². The Balaban J connectivity index is 2.05. The highest BCUT2D eigenvalue weighted by Crippen LogP contribution is 2.42. The summed E-state index contributed by atoms with van der Waals surface area (Å²) in [4.78, 5) is 0. The molecule has 0 spiro atoms. The molecule has 1 heterocycles. The van der Waals surface area contributed by atoms with Crippen LogP contribution in [0.15, 0.2) is 53.8 Å². The highest BCUT2D eigenvalue weighted by atomic mass is 16.7. The summed E-state index contributed by atoms with van der Waals surface area (Å²) in [5.41, 5.74) is 2.23. The van der Waals surface area contributed by atoms with Gasteiger partial charge in [0.15, 0.2) is 6.29 Å². The van der Waals surface area contributed by atoms with Gasteiger partial charge in [-0.2, -0.15) is 0 Å². The van der Waals surface area contributed by atoms with Crippen molar-refractivity contribution in [1.82, 2.24) is 0 Å². The Morgan fingerprint density at radius 1 is 1.05 bits per heavy atom. The second kappa shape index (κ2) is 5.66. The third-order valence-corrected chi connectivity index (χ3v) is 4.51. The van der Waals surface area contributed by atoms with Gasteiger partial charge in [-0.05, 0) is 24.5 Å². The topological polar surface area (TPSA) is 38.7 Å². The lowest BCUT2D eigenvalue weighted by atomic mass is 9.68. The molecule has 0 aromatic heterocycles. The van der Waals surface area contributed by atoms with Gasteiger partial charge in [0, 0.05) is 6.42 Å². The number of hydrogen-bond acceptors (Lipinski definition) is 3. The van der Waals surface area contributed by atoms with Gasteiger partial charge in [0.05, 0.1) is 24.4 Å². The lowest BCUT2D eigenvalue weighted by Gasteiger charge is -2.44. The average molecular weight is 286 g/mol. The monoisotopic (exact) mass is 286 g/mol. The molecular formula is C18H22O3. The molecule has 0 bridgehead atoms. The molecule has 1 N–H and O–H groups in total. The van der Waals surface area contributed by atoms with Crippen LogP contribution in [0.2, 0.25) is 0 Å². The highest BCUT2D eigenvalue weighted by molar-refractivity contribution is 5.42. The van der Waals surface area contributed by atoms with Crippen molar-refractivity contribution >= 4 is 0 Å². The van der Waals surface area contributed by atoms with Gasteiger partial charge in [0.1, 0.15) is 0 Å². The minimum atomic E-state index is -0.260. The lowest BCUT2D eigenvalue weighted by molar-refractivity contribution is -0.194. The molecule has 3 rings (SSSR count). The molecular weight excluding hydrogens is 264 g/mol. The third-order valence-electron chi connectivity index (χ3n) is 4.51. The van der Waals surface area contributed by atoms with Crippen LogP contribution in [0.1, 0.15) is 25.8 Å². The predicted molar refractivity (Wildman–Crippen MR) is 82.1 cm³/mol. The summed E-state index contributed by atoms with van der Waals surface area (Å²) in [6.45, 7) is 5.31. The lowest BCUT2D eigenvalue weighted by Crippen LogP contribution is -2.47. The van der Waals surface area contributed by atoms with Crippen molar-refractivity contribution < 1.29 is 14.6 Å². The van der Waals surface area contributed by atoms with E-state index in [1.165, 1.54) is 11.1 Å². The number of aliphatic hydroxyl groups is 1. The van der Waals surface area contributed by atoms with Crippen LogP contribution >= 0.6 is 0 Å². The fourth-order valence-corrected chi connectivity index (χ4v) is 3.34. The largest absolute Gasteiger partial charge is 0.512 e. The Bertz CT molecular complexity index is 551. The summed E-state index contributed by atoms with van der Waals surface area (Å²) in [6, 6.07) is 10.4. The van der Waals surface area contributed by atoms with Crippen LogP contribution in [0, 0.1) is 5.92 Å². The Morgan fingerprint density at radius 3 is 2.33 bits per heavy atom. The standard InChI is InChI=1S/C18H22O3/c1-13-10-16(19)8-9-17(13)18(11-20-14(2)21-12-18)15-6-4-3-5-7-15/h3-9,13-14,19H,10-12H2,1-2H3. The van der Waals surface area contributed by atoms with E-state index in [4.69, 9.17) is 9.47 Å². The molecule has 1 atom stereocenters. The fraction of sp³-hybridized carbons (Fsp3) is 0.444. The van der Waals surface area contributed by atoms with Crippen molar-refractivity contribution in [3.05, 3.63) is 59.4 Å². The van der Waals surface area contributed by atoms with Crippen LogP contribution in [-0.4, -0.2) is 24.6 Å². The second-order valence-corrected chi connectivity index (χ2v) is 6.02. The fourth-order valence-electron chi connectivity index (χ4n) is 3.34. The second-order valence-electron chi connectivity index (χ2n) is 6.02. The predicted octanol–water partition coefficient (Wildman–Crippen LogP) is 3.73. The van der Waals surface area contributed by atoms with Crippen LogP contribution in [0.4, 0.5) is 0 Å². The molecule has 1 unspecified atom stereocenters. The molecule has 1 fully saturated rings. The molecule has 112 valence electrons. The normalized spacial score (nSPS) is 33.2. The molecule has 3 nitrogen and oxygen atoms in total. The van der Waals surface area contributed by atoms with E-state index in [1.807, 2.05) is 19.1 Å². The van der Waals surface area contributed by atoms with E-state index in [0.29, 0.717) is 25.4 Å². The van der Waals surface area contributed by atoms with Gasteiger partial charge in [-0.25, -0.2) is 0 Å². The van der Waals surface area contributed by atoms with Crippen molar-refractivity contribution in [2.45, 2.75) is 32.0 Å². The number of aliphatic hydroxyl groups excluding tert-OH is 1. The average Bonchev–Trinajstić information content (AvgIpc) is 2.50. The molecule has 0 radical (unpaired) electrons. The maximum atomic E-state index is 9.75. The summed E-state index contributed by atoms with van der Waals surface area (Å²) in [5.74, 6) is 0.719. The molecule has 3 heteroatoms. The Labute approximate surface area is 125 Å². The van der Waals surface area contributed by atoms with Crippen molar-refractivity contribution in [3.63, 3.8) is 0 Å². The van der Waals surface area contributed by atoms with Gasteiger partial charge in [-0.1, -0.05) is 48.9 Å². The summed E-state index contributed by atoms with van der Waals surface area (Å²) in [5, 5.41) is 9.75. The van der Waals surface area contributed by atoms with Gasteiger partial charge < -0.3 is 14.6 Å².